The Morgan fingerprint density at radius 1 is 1.03 bits per heavy atom. The summed E-state index contributed by atoms with van der Waals surface area (Å²) < 4.78 is 6.03. The van der Waals surface area contributed by atoms with Gasteiger partial charge in [-0.3, -0.25) is 9.59 Å². The molecule has 0 unspecified atom stereocenters. The van der Waals surface area contributed by atoms with Gasteiger partial charge in [0.05, 0.1) is 32.7 Å². The average Bonchev–Trinajstić information content (AvgIpc) is 3.17. The molecular formula is C21H31ClN4O4. The SMILES string of the molecule is O=C(CN1CC[N+]2(CCCC2)CC1=O)NCCCNC(=O)OCc1ccccc1.[Cl-]. The predicted molar refractivity (Wildman–Crippen MR) is 108 cm³/mol. The number of ether oxygens (including phenoxy) is 1. The fourth-order valence-electron chi connectivity index (χ4n) is 3.99. The molecule has 3 amide bonds. The van der Waals surface area contributed by atoms with E-state index in [0.717, 1.165) is 29.7 Å². The second-order valence-electron chi connectivity index (χ2n) is 7.88. The van der Waals surface area contributed by atoms with E-state index in [9.17, 15) is 14.4 Å². The number of carbonyl (C=O) groups excluding carboxylic acids is 3. The molecule has 2 aliphatic heterocycles. The van der Waals surface area contributed by atoms with E-state index in [1.165, 1.54) is 12.8 Å². The van der Waals surface area contributed by atoms with Gasteiger partial charge in [-0.2, -0.15) is 0 Å². The van der Waals surface area contributed by atoms with Crippen molar-refractivity contribution in [2.75, 3.05) is 52.4 Å². The summed E-state index contributed by atoms with van der Waals surface area (Å²) in [6, 6.07) is 9.47. The van der Waals surface area contributed by atoms with Gasteiger partial charge < -0.3 is 37.2 Å². The van der Waals surface area contributed by atoms with Gasteiger partial charge in [-0.25, -0.2) is 4.79 Å². The molecule has 0 bridgehead atoms. The van der Waals surface area contributed by atoms with Crippen molar-refractivity contribution in [3.63, 3.8) is 0 Å². The normalized spacial score (nSPS) is 17.3. The third-order valence-electron chi connectivity index (χ3n) is 5.67. The van der Waals surface area contributed by atoms with Crippen molar-refractivity contribution < 1.29 is 36.0 Å². The van der Waals surface area contributed by atoms with Crippen molar-refractivity contribution in [1.82, 2.24) is 15.5 Å². The lowest BCUT2D eigenvalue weighted by Gasteiger charge is -2.41. The van der Waals surface area contributed by atoms with Crippen LogP contribution in [0.2, 0.25) is 0 Å². The molecule has 0 atom stereocenters. The van der Waals surface area contributed by atoms with Crippen LogP contribution in [-0.2, 0) is 20.9 Å². The van der Waals surface area contributed by atoms with Crippen LogP contribution < -0.4 is 23.0 Å². The lowest BCUT2D eigenvalue weighted by atomic mass is 10.2. The van der Waals surface area contributed by atoms with Gasteiger partial charge in [0, 0.05) is 25.9 Å². The Balaban J connectivity index is 0.00000320. The summed E-state index contributed by atoms with van der Waals surface area (Å²) >= 11 is 0. The summed E-state index contributed by atoms with van der Waals surface area (Å²) in [6.07, 6.45) is 2.52. The van der Waals surface area contributed by atoms with Crippen LogP contribution in [0.4, 0.5) is 4.79 Å². The molecule has 0 saturated carbocycles. The van der Waals surface area contributed by atoms with E-state index < -0.39 is 6.09 Å². The largest absolute Gasteiger partial charge is 1.00 e. The third-order valence-corrected chi connectivity index (χ3v) is 5.67. The molecule has 166 valence electrons. The Labute approximate surface area is 183 Å². The highest BCUT2D eigenvalue weighted by Gasteiger charge is 2.40. The molecule has 9 heteroatoms. The Morgan fingerprint density at radius 3 is 2.43 bits per heavy atom. The van der Waals surface area contributed by atoms with Gasteiger partial charge in [0.2, 0.25) is 5.91 Å². The Kier molecular flexibility index (Phi) is 9.39. The zero-order chi connectivity index (χ0) is 20.5. The van der Waals surface area contributed by atoms with E-state index in [4.69, 9.17) is 4.74 Å². The standard InChI is InChI=1S/C21H30N4O4.ClH/c26-19(15-24-11-14-25(16-20(24)27)12-4-5-13-25)22-9-6-10-23-21(28)29-17-18-7-2-1-3-8-18;/h1-3,7-8H,4-6,9-17H2,(H-,22,23,26,28);1H. The van der Waals surface area contributed by atoms with E-state index in [-0.39, 0.29) is 37.4 Å². The van der Waals surface area contributed by atoms with Gasteiger partial charge in [0.1, 0.15) is 6.61 Å². The van der Waals surface area contributed by atoms with Gasteiger partial charge >= 0.3 is 6.09 Å². The topological polar surface area (TPSA) is 87.7 Å². The fraction of sp³-hybridized carbons (Fsp3) is 0.571. The van der Waals surface area contributed by atoms with E-state index in [1.54, 1.807) is 4.90 Å². The number of hydrogen-bond acceptors (Lipinski definition) is 4. The second-order valence-corrected chi connectivity index (χ2v) is 7.88. The van der Waals surface area contributed by atoms with Gasteiger partial charge in [-0.15, -0.1) is 0 Å². The van der Waals surface area contributed by atoms with E-state index in [0.29, 0.717) is 32.6 Å². The summed E-state index contributed by atoms with van der Waals surface area (Å²) in [5.74, 6) is -0.0731. The maximum absolute atomic E-state index is 12.4. The van der Waals surface area contributed by atoms with E-state index >= 15 is 0 Å². The summed E-state index contributed by atoms with van der Waals surface area (Å²) in [7, 11) is 0. The van der Waals surface area contributed by atoms with Gasteiger partial charge in [0.15, 0.2) is 6.54 Å². The Hall–Kier alpha value is -2.32. The Morgan fingerprint density at radius 2 is 1.73 bits per heavy atom. The van der Waals surface area contributed by atoms with Crippen molar-refractivity contribution in [2.24, 2.45) is 0 Å². The smallest absolute Gasteiger partial charge is 0.407 e. The summed E-state index contributed by atoms with van der Waals surface area (Å²) in [5, 5.41) is 5.48. The number of nitrogens with one attached hydrogen (secondary N) is 2. The molecule has 2 saturated heterocycles. The molecule has 2 heterocycles. The average molecular weight is 439 g/mol. The number of hydrogen-bond donors (Lipinski definition) is 2. The van der Waals surface area contributed by atoms with Crippen LogP contribution in [0.25, 0.3) is 0 Å². The maximum atomic E-state index is 12.4. The summed E-state index contributed by atoms with van der Waals surface area (Å²) in [5.41, 5.74) is 0.930. The molecule has 1 aromatic carbocycles. The molecule has 0 aromatic heterocycles. The molecule has 8 nitrogen and oxygen atoms in total. The molecule has 0 radical (unpaired) electrons. The van der Waals surface area contributed by atoms with Crippen molar-refractivity contribution in [1.29, 1.82) is 0 Å². The number of amides is 3. The number of halogens is 1. The number of alkyl carbamates (subject to hydrolysis) is 1. The molecule has 3 rings (SSSR count). The summed E-state index contributed by atoms with van der Waals surface area (Å²) in [4.78, 5) is 37.8. The van der Waals surface area contributed by atoms with Gasteiger partial charge in [0.25, 0.3) is 5.91 Å². The molecule has 2 aliphatic rings. The first kappa shape index (κ1) is 24.0. The van der Waals surface area contributed by atoms with Crippen LogP contribution in [0.15, 0.2) is 30.3 Å². The van der Waals surface area contributed by atoms with Crippen LogP contribution in [0.1, 0.15) is 24.8 Å². The number of rotatable bonds is 8. The molecule has 2 N–H and O–H groups in total. The second kappa shape index (κ2) is 11.8. The number of piperazine rings is 1. The molecule has 30 heavy (non-hydrogen) atoms. The highest BCUT2D eigenvalue weighted by molar-refractivity contribution is 5.85. The molecule has 2 fully saturated rings. The van der Waals surface area contributed by atoms with Crippen molar-refractivity contribution in [2.45, 2.75) is 25.9 Å². The van der Waals surface area contributed by atoms with Gasteiger partial charge in [-0.1, -0.05) is 30.3 Å². The van der Waals surface area contributed by atoms with Crippen LogP contribution in [0.3, 0.4) is 0 Å². The molecule has 1 spiro atoms. The number of nitrogens with zero attached hydrogens (tertiary/aromatic N) is 2. The predicted octanol–water partition coefficient (Wildman–Crippen LogP) is -2.12. The van der Waals surface area contributed by atoms with Crippen LogP contribution in [0.5, 0.6) is 0 Å². The van der Waals surface area contributed by atoms with E-state index in [1.807, 2.05) is 30.3 Å². The number of quaternary nitrogens is 1. The van der Waals surface area contributed by atoms with Crippen LogP contribution >= 0.6 is 0 Å². The first-order valence-electron chi connectivity index (χ1n) is 10.4. The minimum atomic E-state index is -0.474. The monoisotopic (exact) mass is 438 g/mol. The number of benzene rings is 1. The van der Waals surface area contributed by atoms with Crippen molar-refractivity contribution in [3.8, 4) is 0 Å². The first-order valence-corrected chi connectivity index (χ1v) is 10.4. The third kappa shape index (κ3) is 7.18. The molecular weight excluding hydrogens is 408 g/mol. The van der Waals surface area contributed by atoms with Crippen LogP contribution in [-0.4, -0.2) is 79.6 Å². The zero-order valence-electron chi connectivity index (χ0n) is 17.3. The molecule has 0 aliphatic carbocycles. The van der Waals surface area contributed by atoms with E-state index in [2.05, 4.69) is 10.6 Å². The quantitative estimate of drug-likeness (QED) is 0.359. The van der Waals surface area contributed by atoms with Crippen LogP contribution in [0, 0.1) is 0 Å². The summed E-state index contributed by atoms with van der Waals surface area (Å²) in [6.45, 7) is 5.52. The minimum absolute atomic E-state index is 0. The Bertz CT molecular complexity index is 710. The lowest BCUT2D eigenvalue weighted by Crippen LogP contribution is -3.00. The number of carbonyl (C=O) groups is 3. The van der Waals surface area contributed by atoms with Gasteiger partial charge in [-0.05, 0) is 12.0 Å². The lowest BCUT2D eigenvalue weighted by molar-refractivity contribution is -0.912. The maximum Gasteiger partial charge on any atom is 0.407 e. The highest BCUT2D eigenvalue weighted by atomic mass is 35.5. The molecule has 1 aromatic rings. The van der Waals surface area contributed by atoms with Crippen molar-refractivity contribution >= 4 is 17.9 Å². The first-order chi connectivity index (χ1) is 14.1. The highest BCUT2D eigenvalue weighted by Crippen LogP contribution is 2.22. The van der Waals surface area contributed by atoms with Crippen molar-refractivity contribution in [3.05, 3.63) is 35.9 Å². The minimum Gasteiger partial charge on any atom is -1.00 e. The fourth-order valence-corrected chi connectivity index (χ4v) is 3.99. The zero-order valence-corrected chi connectivity index (χ0v) is 18.0.